The van der Waals surface area contributed by atoms with Gasteiger partial charge in [-0.2, -0.15) is 0 Å². The molecule has 0 N–H and O–H groups in total. The van der Waals surface area contributed by atoms with Gasteiger partial charge >= 0.3 is 25.7 Å². The van der Waals surface area contributed by atoms with Gasteiger partial charge in [0.15, 0.2) is 0 Å². The van der Waals surface area contributed by atoms with Gasteiger partial charge in [-0.05, 0) is 70.2 Å². The Labute approximate surface area is 261 Å². The maximum absolute atomic E-state index is 6.84. The van der Waals surface area contributed by atoms with Gasteiger partial charge in [0.1, 0.15) is 13.0 Å². The molecular weight excluding hydrogens is 679 g/mol. The van der Waals surface area contributed by atoms with Crippen molar-refractivity contribution in [1.29, 1.82) is 0 Å². The zero-order chi connectivity index (χ0) is 27.6. The molecule has 210 valence electrons. The highest BCUT2D eigenvalue weighted by Crippen LogP contribution is 2.40. The van der Waals surface area contributed by atoms with E-state index in [2.05, 4.69) is 19.6 Å². The molecule has 0 atom stereocenters. The maximum Gasteiger partial charge on any atom is 0.318 e. The summed E-state index contributed by atoms with van der Waals surface area (Å²) in [5.74, 6) is 2.83. The third-order valence-corrected chi connectivity index (χ3v) is 29.4. The van der Waals surface area contributed by atoms with Crippen molar-refractivity contribution >= 4 is 140 Å². The molecule has 0 aromatic heterocycles. The van der Waals surface area contributed by atoms with Crippen molar-refractivity contribution in [3.05, 3.63) is 0 Å². The van der Waals surface area contributed by atoms with Crippen molar-refractivity contribution in [2.45, 2.75) is 37.8 Å². The molecule has 0 radical (unpaired) electrons. The second kappa shape index (κ2) is 17.3. The lowest BCUT2D eigenvalue weighted by atomic mass is 11.0. The van der Waals surface area contributed by atoms with Crippen LogP contribution in [0.2, 0.25) is 37.8 Å². The minimum Gasteiger partial charge on any atom is -0.416 e. The molecule has 1 aliphatic heterocycles. The van der Waals surface area contributed by atoms with E-state index in [1.54, 1.807) is 64.8 Å². The SMILES string of the molecule is CN(C)C(=S)SSCC[Si]1(C)O[Si](C)(CCSSC(=S)N(C)C)O[Si](C)(CCSSC(=S)N(C)C)O1. The number of nitrogens with zero attached hydrogens (tertiary/aromatic N) is 3. The molecule has 0 aromatic carbocycles. The summed E-state index contributed by atoms with van der Waals surface area (Å²) in [7, 11) is 15.0. The maximum atomic E-state index is 6.84. The Balaban J connectivity index is 2.81. The fourth-order valence-corrected chi connectivity index (χ4v) is 31.0. The Morgan fingerprint density at radius 1 is 0.528 bits per heavy atom. The van der Waals surface area contributed by atoms with Gasteiger partial charge in [-0.3, -0.25) is 0 Å². The molecule has 0 spiro atoms. The smallest absolute Gasteiger partial charge is 0.318 e. The molecule has 0 bridgehead atoms. The summed E-state index contributed by atoms with van der Waals surface area (Å²) in [4.78, 5) is 5.91. The zero-order valence-corrected chi connectivity index (χ0v) is 32.8. The van der Waals surface area contributed by atoms with E-state index in [0.29, 0.717) is 0 Å². The van der Waals surface area contributed by atoms with Crippen LogP contribution in [0.1, 0.15) is 0 Å². The molecule has 1 rings (SSSR count). The summed E-state index contributed by atoms with van der Waals surface area (Å²) >= 11 is 16.2. The van der Waals surface area contributed by atoms with Gasteiger partial charge in [-0.25, -0.2) is 0 Å². The zero-order valence-electron chi connectivity index (χ0n) is 22.5. The van der Waals surface area contributed by atoms with Crippen LogP contribution in [0.15, 0.2) is 0 Å². The van der Waals surface area contributed by atoms with Gasteiger partial charge in [-0.15, -0.1) is 0 Å². The van der Waals surface area contributed by atoms with E-state index in [0.717, 1.165) is 48.4 Å². The normalized spacial score (nSPS) is 25.9. The molecule has 0 aliphatic carbocycles. The monoisotopic (exact) mass is 717 g/mol. The fraction of sp³-hybridized carbons (Fsp3) is 0.833. The Kier molecular flexibility index (Phi) is 17.5. The molecule has 0 unspecified atom stereocenters. The molecule has 0 amide bonds. The molecule has 0 aromatic rings. The van der Waals surface area contributed by atoms with Crippen LogP contribution in [0.5, 0.6) is 0 Å². The summed E-state index contributed by atoms with van der Waals surface area (Å²) in [6.45, 7) is 6.69. The molecule has 1 aliphatic rings. The summed E-state index contributed by atoms with van der Waals surface area (Å²) in [5, 5.41) is 0. The Hall–Kier alpha value is 2.30. The molecule has 18 heteroatoms. The predicted octanol–water partition coefficient (Wildman–Crippen LogP) is 6.95. The predicted molar refractivity (Wildman–Crippen MR) is 192 cm³/mol. The van der Waals surface area contributed by atoms with Crippen molar-refractivity contribution in [2.24, 2.45) is 0 Å². The molecule has 1 heterocycles. The average molecular weight is 718 g/mol. The summed E-state index contributed by atoms with van der Waals surface area (Å²) in [6.07, 6.45) is 0. The fourth-order valence-electron chi connectivity index (χ4n) is 2.92. The molecule has 1 saturated heterocycles. The minimum absolute atomic E-state index is 0.884. The highest BCUT2D eigenvalue weighted by atomic mass is 33.1. The summed E-state index contributed by atoms with van der Waals surface area (Å²) in [5.41, 5.74) is 0. The van der Waals surface area contributed by atoms with E-state index < -0.39 is 25.7 Å². The minimum atomic E-state index is -2.40. The third kappa shape index (κ3) is 14.3. The largest absolute Gasteiger partial charge is 0.416 e. The van der Waals surface area contributed by atoms with E-state index in [-0.39, 0.29) is 0 Å². The Morgan fingerprint density at radius 2 is 0.750 bits per heavy atom. The van der Waals surface area contributed by atoms with Crippen LogP contribution in [0.25, 0.3) is 0 Å². The molecular formula is C18H39N3O3S9Si3. The van der Waals surface area contributed by atoms with Gasteiger partial charge in [0.25, 0.3) is 0 Å². The van der Waals surface area contributed by atoms with Crippen molar-refractivity contribution in [1.82, 2.24) is 14.7 Å². The van der Waals surface area contributed by atoms with Gasteiger partial charge in [0, 0.05) is 59.5 Å². The highest BCUT2D eigenvalue weighted by Gasteiger charge is 2.56. The van der Waals surface area contributed by atoms with E-state index in [1.165, 1.54) is 0 Å². The van der Waals surface area contributed by atoms with Crippen LogP contribution in [-0.2, 0) is 12.3 Å². The van der Waals surface area contributed by atoms with E-state index >= 15 is 0 Å². The lowest BCUT2D eigenvalue weighted by Crippen LogP contribution is -2.67. The standard InChI is InChI=1S/C18H39N3O3S9Si3/c1-19(2)16(25)31-28-10-13-34(7)22-35(8,14-11-29-32-17(26)20(3)4)24-36(9,23-34)15-12-30-33-18(27)21(5)6/h10-15H2,1-9H3. The summed E-state index contributed by atoms with van der Waals surface area (Å²) < 4.78 is 23.2. The van der Waals surface area contributed by atoms with Gasteiger partial charge < -0.3 is 27.0 Å². The van der Waals surface area contributed by atoms with Gasteiger partial charge in [-0.1, -0.05) is 69.0 Å². The first-order valence-electron chi connectivity index (χ1n) is 11.2. The second-order valence-corrected chi connectivity index (χ2v) is 29.1. The van der Waals surface area contributed by atoms with Crippen LogP contribution < -0.4 is 0 Å². The highest BCUT2D eigenvalue weighted by molar-refractivity contribution is 8.84. The Morgan fingerprint density at radius 3 is 0.944 bits per heavy atom. The number of hydrogen-bond donors (Lipinski definition) is 0. The first-order valence-corrected chi connectivity index (χ1v) is 27.0. The second-order valence-electron chi connectivity index (χ2n) is 9.15. The van der Waals surface area contributed by atoms with Crippen molar-refractivity contribution < 1.29 is 12.3 Å². The van der Waals surface area contributed by atoms with Gasteiger partial charge in [0.05, 0.1) is 0 Å². The molecule has 1 fully saturated rings. The van der Waals surface area contributed by atoms with Crippen LogP contribution >= 0.6 is 101 Å². The first-order chi connectivity index (χ1) is 16.6. The van der Waals surface area contributed by atoms with E-state index in [1.807, 2.05) is 57.0 Å². The van der Waals surface area contributed by atoms with Crippen LogP contribution in [-0.4, -0.2) is 113 Å². The summed E-state index contributed by atoms with van der Waals surface area (Å²) in [6, 6.07) is 2.78. The average Bonchev–Trinajstić information content (AvgIpc) is 2.75. The number of rotatable bonds is 12. The Bertz CT molecular complexity index is 652. The molecule has 0 saturated carbocycles. The lowest BCUT2D eigenvalue weighted by molar-refractivity contribution is 0.225. The van der Waals surface area contributed by atoms with Crippen molar-refractivity contribution in [2.75, 3.05) is 59.5 Å². The first kappa shape index (κ1) is 36.3. The van der Waals surface area contributed by atoms with E-state index in [9.17, 15) is 0 Å². The third-order valence-electron chi connectivity index (χ3n) is 4.70. The van der Waals surface area contributed by atoms with Crippen molar-refractivity contribution in [3.8, 4) is 0 Å². The molecule has 6 nitrogen and oxygen atoms in total. The number of thiocarbonyl (C=S) groups is 3. The quantitative estimate of drug-likeness (QED) is 0.0904. The van der Waals surface area contributed by atoms with Crippen molar-refractivity contribution in [3.63, 3.8) is 0 Å². The van der Waals surface area contributed by atoms with Crippen LogP contribution in [0, 0.1) is 0 Å². The van der Waals surface area contributed by atoms with E-state index in [4.69, 9.17) is 49.0 Å². The van der Waals surface area contributed by atoms with Gasteiger partial charge in [0.2, 0.25) is 0 Å². The van der Waals surface area contributed by atoms with Crippen LogP contribution in [0.4, 0.5) is 0 Å². The lowest BCUT2D eigenvalue weighted by Gasteiger charge is -2.50. The number of hydrogen-bond acceptors (Lipinski definition) is 12. The topological polar surface area (TPSA) is 37.4 Å². The molecule has 36 heavy (non-hydrogen) atoms. The van der Waals surface area contributed by atoms with Crippen LogP contribution in [0.3, 0.4) is 0 Å².